The standard InChI is InChI=1S/C22H19NO/c1-2-16-11-13-18(14-12-16)22-23-20-10-6-9-19(21(20)24-22)15-17-7-4-3-5-8-17/h3-14H,2,15H2,1H3. The van der Waals surface area contributed by atoms with Crippen molar-refractivity contribution in [1.29, 1.82) is 0 Å². The molecule has 1 heterocycles. The highest BCUT2D eigenvalue weighted by molar-refractivity contribution is 5.79. The maximum atomic E-state index is 6.12. The highest BCUT2D eigenvalue weighted by atomic mass is 16.3. The Morgan fingerprint density at radius 3 is 2.33 bits per heavy atom. The minimum Gasteiger partial charge on any atom is -0.436 e. The second-order valence-electron chi connectivity index (χ2n) is 6.00. The van der Waals surface area contributed by atoms with Gasteiger partial charge in [-0.15, -0.1) is 0 Å². The molecule has 0 fully saturated rings. The molecule has 0 amide bonds. The molecule has 0 aliphatic rings. The number of rotatable bonds is 4. The molecule has 24 heavy (non-hydrogen) atoms. The number of aryl methyl sites for hydroxylation is 1. The Labute approximate surface area is 141 Å². The van der Waals surface area contributed by atoms with E-state index in [0.29, 0.717) is 5.89 Å². The van der Waals surface area contributed by atoms with Crippen LogP contribution in [0, 0.1) is 0 Å². The van der Waals surface area contributed by atoms with E-state index in [1.54, 1.807) is 0 Å². The predicted molar refractivity (Wildman–Crippen MR) is 98.1 cm³/mol. The van der Waals surface area contributed by atoms with E-state index >= 15 is 0 Å². The van der Waals surface area contributed by atoms with Gasteiger partial charge in [-0.2, -0.15) is 0 Å². The fourth-order valence-corrected chi connectivity index (χ4v) is 2.97. The summed E-state index contributed by atoms with van der Waals surface area (Å²) >= 11 is 0. The van der Waals surface area contributed by atoms with Gasteiger partial charge in [-0.05, 0) is 35.7 Å². The molecule has 2 heteroatoms. The number of para-hydroxylation sites is 1. The van der Waals surface area contributed by atoms with Crippen LogP contribution in [0.2, 0.25) is 0 Å². The van der Waals surface area contributed by atoms with Crippen molar-refractivity contribution < 1.29 is 4.42 Å². The Hall–Kier alpha value is -2.87. The zero-order valence-corrected chi connectivity index (χ0v) is 13.7. The number of benzene rings is 3. The van der Waals surface area contributed by atoms with Crippen LogP contribution in [-0.4, -0.2) is 4.98 Å². The molecule has 118 valence electrons. The van der Waals surface area contributed by atoms with Crippen LogP contribution in [0.15, 0.2) is 77.2 Å². The third-order valence-electron chi connectivity index (χ3n) is 4.34. The fraction of sp³-hybridized carbons (Fsp3) is 0.136. The van der Waals surface area contributed by atoms with Crippen LogP contribution in [-0.2, 0) is 12.8 Å². The lowest BCUT2D eigenvalue weighted by Gasteiger charge is -2.02. The molecule has 0 unspecified atom stereocenters. The van der Waals surface area contributed by atoms with Crippen molar-refractivity contribution in [1.82, 2.24) is 4.98 Å². The van der Waals surface area contributed by atoms with Gasteiger partial charge < -0.3 is 4.42 Å². The van der Waals surface area contributed by atoms with Crippen LogP contribution in [0.3, 0.4) is 0 Å². The average Bonchev–Trinajstić information content (AvgIpc) is 3.08. The third-order valence-corrected chi connectivity index (χ3v) is 4.34. The summed E-state index contributed by atoms with van der Waals surface area (Å²) in [5.74, 6) is 0.688. The lowest BCUT2D eigenvalue weighted by molar-refractivity contribution is 0.616. The Kier molecular flexibility index (Phi) is 3.87. The number of nitrogens with zero attached hydrogens (tertiary/aromatic N) is 1. The lowest BCUT2D eigenvalue weighted by Crippen LogP contribution is -1.87. The maximum absolute atomic E-state index is 6.12. The molecule has 0 N–H and O–H groups in total. The highest BCUT2D eigenvalue weighted by Gasteiger charge is 2.11. The van der Waals surface area contributed by atoms with E-state index in [9.17, 15) is 0 Å². The van der Waals surface area contributed by atoms with Crippen LogP contribution >= 0.6 is 0 Å². The Morgan fingerprint density at radius 1 is 0.792 bits per heavy atom. The minimum atomic E-state index is 0.688. The monoisotopic (exact) mass is 313 g/mol. The molecule has 0 aliphatic carbocycles. The molecule has 1 aromatic heterocycles. The maximum Gasteiger partial charge on any atom is 0.227 e. The van der Waals surface area contributed by atoms with Crippen molar-refractivity contribution in [2.24, 2.45) is 0 Å². The fourth-order valence-electron chi connectivity index (χ4n) is 2.97. The summed E-state index contributed by atoms with van der Waals surface area (Å²) < 4.78 is 6.12. The summed E-state index contributed by atoms with van der Waals surface area (Å²) in [6, 6.07) is 25.1. The van der Waals surface area contributed by atoms with Crippen molar-refractivity contribution in [2.75, 3.05) is 0 Å². The van der Waals surface area contributed by atoms with Crippen molar-refractivity contribution in [3.05, 3.63) is 89.5 Å². The number of fused-ring (bicyclic) bond motifs is 1. The van der Waals surface area contributed by atoms with E-state index in [1.807, 2.05) is 18.2 Å². The summed E-state index contributed by atoms with van der Waals surface area (Å²) in [6.45, 7) is 2.16. The van der Waals surface area contributed by atoms with Crippen LogP contribution in [0.1, 0.15) is 23.6 Å². The predicted octanol–water partition coefficient (Wildman–Crippen LogP) is 5.65. The van der Waals surface area contributed by atoms with Crippen molar-refractivity contribution in [2.45, 2.75) is 19.8 Å². The Bertz CT molecular complexity index is 952. The first-order chi connectivity index (χ1) is 11.8. The van der Waals surface area contributed by atoms with E-state index in [4.69, 9.17) is 4.42 Å². The molecule has 0 saturated carbocycles. The van der Waals surface area contributed by atoms with Crippen LogP contribution in [0.25, 0.3) is 22.6 Å². The van der Waals surface area contributed by atoms with Crippen molar-refractivity contribution >= 4 is 11.1 Å². The molecule has 0 radical (unpaired) electrons. The number of oxazole rings is 1. The van der Waals surface area contributed by atoms with E-state index in [-0.39, 0.29) is 0 Å². The number of hydrogen-bond donors (Lipinski definition) is 0. The molecule has 0 atom stereocenters. The second-order valence-corrected chi connectivity index (χ2v) is 6.00. The number of hydrogen-bond acceptors (Lipinski definition) is 2. The summed E-state index contributed by atoms with van der Waals surface area (Å²) in [5.41, 5.74) is 6.58. The summed E-state index contributed by atoms with van der Waals surface area (Å²) in [5, 5.41) is 0. The van der Waals surface area contributed by atoms with Gasteiger partial charge in [0.25, 0.3) is 0 Å². The van der Waals surface area contributed by atoms with Crippen LogP contribution in [0.5, 0.6) is 0 Å². The van der Waals surface area contributed by atoms with Crippen LogP contribution in [0.4, 0.5) is 0 Å². The molecule has 4 aromatic rings. The molecule has 0 aliphatic heterocycles. The second kappa shape index (κ2) is 6.32. The van der Waals surface area contributed by atoms with E-state index < -0.39 is 0 Å². The third kappa shape index (κ3) is 2.83. The van der Waals surface area contributed by atoms with Gasteiger partial charge in [0.2, 0.25) is 5.89 Å². The van der Waals surface area contributed by atoms with Gasteiger partial charge in [-0.1, -0.05) is 61.5 Å². The van der Waals surface area contributed by atoms with Crippen LogP contribution < -0.4 is 0 Å². The first kappa shape index (κ1) is 14.7. The zero-order chi connectivity index (χ0) is 16.4. The molecule has 0 saturated heterocycles. The topological polar surface area (TPSA) is 26.0 Å². The van der Waals surface area contributed by atoms with E-state index in [0.717, 1.165) is 29.5 Å². The lowest BCUT2D eigenvalue weighted by atomic mass is 10.0. The molecule has 2 nitrogen and oxygen atoms in total. The van der Waals surface area contributed by atoms with Gasteiger partial charge >= 0.3 is 0 Å². The van der Waals surface area contributed by atoms with Gasteiger partial charge in [-0.25, -0.2) is 4.98 Å². The first-order valence-corrected chi connectivity index (χ1v) is 8.35. The summed E-state index contributed by atoms with van der Waals surface area (Å²) in [7, 11) is 0. The zero-order valence-electron chi connectivity index (χ0n) is 13.7. The summed E-state index contributed by atoms with van der Waals surface area (Å²) in [6.07, 6.45) is 1.89. The Balaban J connectivity index is 1.73. The molecular formula is C22H19NO. The SMILES string of the molecule is CCc1ccc(-c2nc3cccc(Cc4ccccc4)c3o2)cc1. The smallest absolute Gasteiger partial charge is 0.227 e. The molecule has 3 aromatic carbocycles. The van der Waals surface area contributed by atoms with Crippen molar-refractivity contribution in [3.63, 3.8) is 0 Å². The van der Waals surface area contributed by atoms with Gasteiger partial charge in [0.05, 0.1) is 0 Å². The van der Waals surface area contributed by atoms with E-state index in [1.165, 1.54) is 16.7 Å². The average molecular weight is 313 g/mol. The molecule has 0 bridgehead atoms. The molecule has 0 spiro atoms. The van der Waals surface area contributed by atoms with E-state index in [2.05, 4.69) is 66.5 Å². The Morgan fingerprint density at radius 2 is 1.58 bits per heavy atom. The largest absolute Gasteiger partial charge is 0.436 e. The highest BCUT2D eigenvalue weighted by Crippen LogP contribution is 2.28. The van der Waals surface area contributed by atoms with Gasteiger partial charge in [0.15, 0.2) is 5.58 Å². The summed E-state index contributed by atoms with van der Waals surface area (Å²) in [4.78, 5) is 4.67. The van der Waals surface area contributed by atoms with Crippen molar-refractivity contribution in [3.8, 4) is 11.5 Å². The van der Waals surface area contributed by atoms with Gasteiger partial charge in [-0.3, -0.25) is 0 Å². The normalized spacial score (nSPS) is 11.0. The first-order valence-electron chi connectivity index (χ1n) is 8.35. The number of aromatic nitrogens is 1. The molecular weight excluding hydrogens is 294 g/mol. The minimum absolute atomic E-state index is 0.688. The van der Waals surface area contributed by atoms with Gasteiger partial charge in [0, 0.05) is 17.5 Å². The quantitative estimate of drug-likeness (QED) is 0.487. The van der Waals surface area contributed by atoms with Gasteiger partial charge in [0.1, 0.15) is 5.52 Å². The molecule has 4 rings (SSSR count).